The van der Waals surface area contributed by atoms with E-state index in [-0.39, 0.29) is 11.3 Å². The van der Waals surface area contributed by atoms with Gasteiger partial charge < -0.3 is 4.79 Å². The summed E-state index contributed by atoms with van der Waals surface area (Å²) in [7, 11) is 0. The predicted octanol–water partition coefficient (Wildman–Crippen LogP) is 5.49. The molecule has 0 aliphatic heterocycles. The number of allylic oxidation sites excluding steroid dienone is 2. The van der Waals surface area contributed by atoms with Crippen LogP contribution in [0.5, 0.6) is 0 Å². The summed E-state index contributed by atoms with van der Waals surface area (Å²) in [4.78, 5) is 11.1. The third-order valence-corrected chi connectivity index (χ3v) is 4.29. The number of aldehydes is 1. The molecule has 0 aromatic heterocycles. The van der Waals surface area contributed by atoms with Crippen molar-refractivity contribution in [3.8, 4) is 0 Å². The lowest BCUT2D eigenvalue weighted by Crippen LogP contribution is -2.26. The van der Waals surface area contributed by atoms with Crippen molar-refractivity contribution in [1.29, 1.82) is 0 Å². The van der Waals surface area contributed by atoms with E-state index in [1.165, 1.54) is 11.1 Å². The second-order valence-corrected chi connectivity index (χ2v) is 6.68. The van der Waals surface area contributed by atoms with Crippen molar-refractivity contribution in [3.05, 3.63) is 46.0 Å². The van der Waals surface area contributed by atoms with Gasteiger partial charge in [0.25, 0.3) is 0 Å². The monoisotopic (exact) mass is 292 g/mol. The topological polar surface area (TPSA) is 17.1 Å². The van der Waals surface area contributed by atoms with Crippen LogP contribution in [0.15, 0.2) is 29.8 Å². The van der Waals surface area contributed by atoms with Gasteiger partial charge in [0.05, 0.1) is 0 Å². The molecule has 1 nitrogen and oxygen atoms in total. The first-order valence-corrected chi connectivity index (χ1v) is 7.52. The summed E-state index contributed by atoms with van der Waals surface area (Å²) in [6.07, 6.45) is 5.05. The Labute approximate surface area is 128 Å². The first-order chi connectivity index (χ1) is 9.30. The van der Waals surface area contributed by atoms with Gasteiger partial charge in [-0.25, -0.2) is 0 Å². The second kappa shape index (κ2) is 7.08. The summed E-state index contributed by atoms with van der Waals surface area (Å²) < 4.78 is 0. The van der Waals surface area contributed by atoms with E-state index < -0.39 is 0 Å². The minimum atomic E-state index is -0.0629. The van der Waals surface area contributed by atoms with Crippen LogP contribution in [0.1, 0.15) is 51.7 Å². The highest BCUT2D eigenvalue weighted by molar-refractivity contribution is 6.31. The first kappa shape index (κ1) is 17.0. The third kappa shape index (κ3) is 4.21. The van der Waals surface area contributed by atoms with E-state index in [0.717, 1.165) is 29.7 Å². The smallest absolute Gasteiger partial charge is 0.122 e. The van der Waals surface area contributed by atoms with E-state index in [2.05, 4.69) is 39.8 Å². The fourth-order valence-electron chi connectivity index (χ4n) is 2.75. The molecule has 0 saturated heterocycles. The van der Waals surface area contributed by atoms with Crippen molar-refractivity contribution in [1.82, 2.24) is 0 Å². The lowest BCUT2D eigenvalue weighted by atomic mass is 9.72. The highest BCUT2D eigenvalue weighted by Gasteiger charge is 2.29. The highest BCUT2D eigenvalue weighted by Crippen LogP contribution is 2.38. The molecule has 1 aromatic rings. The fourth-order valence-corrected chi connectivity index (χ4v) is 2.93. The van der Waals surface area contributed by atoms with Crippen LogP contribution >= 0.6 is 11.6 Å². The Morgan fingerprint density at radius 2 is 2.05 bits per heavy atom. The number of benzene rings is 1. The molecule has 0 fully saturated rings. The van der Waals surface area contributed by atoms with Crippen LogP contribution < -0.4 is 0 Å². The van der Waals surface area contributed by atoms with Crippen molar-refractivity contribution in [2.24, 2.45) is 5.92 Å². The van der Waals surface area contributed by atoms with Gasteiger partial charge >= 0.3 is 0 Å². The molecule has 0 saturated carbocycles. The molecule has 0 aliphatic carbocycles. The average Bonchev–Trinajstić information content (AvgIpc) is 2.39. The van der Waals surface area contributed by atoms with Crippen LogP contribution in [0.25, 0.3) is 0 Å². The van der Waals surface area contributed by atoms with Crippen LogP contribution in [0.3, 0.4) is 0 Å². The highest BCUT2D eigenvalue weighted by atomic mass is 35.5. The zero-order chi connectivity index (χ0) is 15.3. The zero-order valence-electron chi connectivity index (χ0n) is 13.2. The van der Waals surface area contributed by atoms with E-state index in [0.29, 0.717) is 0 Å². The van der Waals surface area contributed by atoms with E-state index in [4.69, 9.17) is 11.6 Å². The molecule has 0 radical (unpaired) electrons. The number of hydrogen-bond acceptors (Lipinski definition) is 1. The van der Waals surface area contributed by atoms with Gasteiger partial charge in [-0.05, 0) is 56.2 Å². The molecule has 2 atom stereocenters. The number of carbonyl (C=O) groups is 1. The maximum Gasteiger partial charge on any atom is 0.122 e. The van der Waals surface area contributed by atoms with Crippen molar-refractivity contribution in [3.63, 3.8) is 0 Å². The lowest BCUT2D eigenvalue weighted by molar-refractivity contribution is -0.111. The molecular formula is C18H25ClO. The summed E-state index contributed by atoms with van der Waals surface area (Å²) in [5, 5.41) is 0.796. The molecule has 0 spiro atoms. The number of carbonyl (C=O) groups excluding carboxylic acids is 1. The van der Waals surface area contributed by atoms with E-state index >= 15 is 0 Å². The summed E-state index contributed by atoms with van der Waals surface area (Å²) in [5.74, 6) is 0.0453. The largest absolute Gasteiger partial charge is 0.303 e. The van der Waals surface area contributed by atoms with Crippen LogP contribution in [0.4, 0.5) is 0 Å². The molecule has 0 N–H and O–H groups in total. The van der Waals surface area contributed by atoms with Crippen molar-refractivity contribution < 1.29 is 4.79 Å². The average molecular weight is 293 g/mol. The van der Waals surface area contributed by atoms with Gasteiger partial charge in [0.1, 0.15) is 6.29 Å². The molecule has 2 heteroatoms. The van der Waals surface area contributed by atoms with Gasteiger partial charge in [-0.3, -0.25) is 0 Å². The Morgan fingerprint density at radius 3 is 2.60 bits per heavy atom. The van der Waals surface area contributed by atoms with Gasteiger partial charge in [-0.1, -0.05) is 49.2 Å². The Morgan fingerprint density at radius 1 is 1.40 bits per heavy atom. The van der Waals surface area contributed by atoms with Gasteiger partial charge in [0.2, 0.25) is 0 Å². The van der Waals surface area contributed by atoms with Gasteiger partial charge in [0.15, 0.2) is 0 Å². The standard InChI is InChI=1S/C18H25ClO/c1-13(2)9-10-18(5,11-14(3)12-20)16-7-6-8-17(19)15(16)4/h6-9,12,14H,10-11H2,1-5H3. The number of rotatable bonds is 6. The normalized spacial score (nSPS) is 15.3. The van der Waals surface area contributed by atoms with E-state index in [1.807, 2.05) is 19.1 Å². The molecule has 1 rings (SSSR count). The summed E-state index contributed by atoms with van der Waals surface area (Å²) >= 11 is 6.27. The molecule has 1 aromatic carbocycles. The summed E-state index contributed by atoms with van der Waals surface area (Å²) in [6.45, 7) is 10.5. The minimum Gasteiger partial charge on any atom is -0.303 e. The Bertz CT molecular complexity index is 500. The zero-order valence-corrected chi connectivity index (χ0v) is 13.9. The molecule has 0 bridgehead atoms. The van der Waals surface area contributed by atoms with Crippen LogP contribution in [-0.2, 0) is 10.2 Å². The van der Waals surface area contributed by atoms with Crippen molar-refractivity contribution in [2.45, 2.75) is 52.9 Å². The molecule has 2 unspecified atom stereocenters. The molecule has 20 heavy (non-hydrogen) atoms. The minimum absolute atomic E-state index is 0.0453. The first-order valence-electron chi connectivity index (χ1n) is 7.14. The molecule has 0 amide bonds. The molecular weight excluding hydrogens is 268 g/mol. The molecule has 0 heterocycles. The Hall–Kier alpha value is -1.08. The van der Waals surface area contributed by atoms with Gasteiger partial charge in [0, 0.05) is 10.9 Å². The number of halogens is 1. The van der Waals surface area contributed by atoms with Gasteiger partial charge in [-0.2, -0.15) is 0 Å². The summed E-state index contributed by atoms with van der Waals surface area (Å²) in [6, 6.07) is 6.06. The van der Waals surface area contributed by atoms with Crippen molar-refractivity contribution >= 4 is 17.9 Å². The molecule has 110 valence electrons. The predicted molar refractivity (Wildman–Crippen MR) is 87.4 cm³/mol. The van der Waals surface area contributed by atoms with E-state index in [9.17, 15) is 4.79 Å². The van der Waals surface area contributed by atoms with Crippen LogP contribution in [-0.4, -0.2) is 6.29 Å². The Kier molecular flexibility index (Phi) is 6.01. The SMILES string of the molecule is CC(C)=CCC(C)(CC(C)C=O)c1cccc(Cl)c1C. The fraction of sp³-hybridized carbons (Fsp3) is 0.500. The summed E-state index contributed by atoms with van der Waals surface area (Å²) in [5.41, 5.74) is 3.61. The van der Waals surface area contributed by atoms with E-state index in [1.54, 1.807) is 0 Å². The third-order valence-electron chi connectivity index (χ3n) is 3.88. The Balaban J connectivity index is 3.24. The van der Waals surface area contributed by atoms with Crippen LogP contribution in [0, 0.1) is 12.8 Å². The van der Waals surface area contributed by atoms with Crippen LogP contribution in [0.2, 0.25) is 5.02 Å². The van der Waals surface area contributed by atoms with Gasteiger partial charge in [-0.15, -0.1) is 0 Å². The molecule has 0 aliphatic rings. The van der Waals surface area contributed by atoms with Crippen molar-refractivity contribution in [2.75, 3.05) is 0 Å². The quantitative estimate of drug-likeness (QED) is 0.501. The lowest BCUT2D eigenvalue weighted by Gasteiger charge is -2.32. The maximum absolute atomic E-state index is 11.1. The second-order valence-electron chi connectivity index (χ2n) is 6.28. The number of hydrogen-bond donors (Lipinski definition) is 0. The maximum atomic E-state index is 11.1.